The van der Waals surface area contributed by atoms with Gasteiger partial charge in [-0.3, -0.25) is 10.1 Å². The summed E-state index contributed by atoms with van der Waals surface area (Å²) in [5.41, 5.74) is -0.504. The Hall–Kier alpha value is -2.35. The second kappa shape index (κ2) is 9.22. The third-order valence-corrected chi connectivity index (χ3v) is 3.75. The first-order valence-electron chi connectivity index (χ1n) is 7.98. The van der Waals surface area contributed by atoms with Gasteiger partial charge in [-0.2, -0.15) is 0 Å². The molecular weight excluding hydrogens is 328 g/mol. The van der Waals surface area contributed by atoms with E-state index in [0.717, 1.165) is 6.42 Å². The number of methoxy groups -OCH3 is 2. The van der Waals surface area contributed by atoms with Gasteiger partial charge < -0.3 is 19.5 Å². The van der Waals surface area contributed by atoms with Crippen molar-refractivity contribution < 1.29 is 23.9 Å². The van der Waals surface area contributed by atoms with Gasteiger partial charge in [-0.05, 0) is 24.3 Å². The van der Waals surface area contributed by atoms with E-state index in [4.69, 9.17) is 14.2 Å². The molecule has 0 aliphatic rings. The third kappa shape index (κ3) is 6.58. The lowest BCUT2D eigenvalue weighted by molar-refractivity contribution is -0.385. The van der Waals surface area contributed by atoms with E-state index in [1.807, 2.05) is 20.8 Å². The van der Waals surface area contributed by atoms with Gasteiger partial charge in [-0.1, -0.05) is 20.8 Å². The predicted molar refractivity (Wildman–Crippen MR) is 93.2 cm³/mol. The van der Waals surface area contributed by atoms with Crippen molar-refractivity contribution in [3.8, 4) is 11.5 Å². The van der Waals surface area contributed by atoms with E-state index in [-0.39, 0.29) is 22.9 Å². The molecular formula is C17H26N2O6. The number of rotatable bonds is 8. The fourth-order valence-corrected chi connectivity index (χ4v) is 2.28. The van der Waals surface area contributed by atoms with Gasteiger partial charge in [0.1, 0.15) is 5.75 Å². The topological polar surface area (TPSA) is 99.9 Å². The number of nitrogens with one attached hydrogen (secondary N) is 1. The van der Waals surface area contributed by atoms with Gasteiger partial charge in [0.2, 0.25) is 5.75 Å². The number of benzene rings is 1. The van der Waals surface area contributed by atoms with Crippen molar-refractivity contribution in [2.75, 3.05) is 20.8 Å². The van der Waals surface area contributed by atoms with Crippen LogP contribution in [-0.4, -0.2) is 37.9 Å². The maximum Gasteiger partial charge on any atom is 0.413 e. The normalized spacial score (nSPS) is 12.4. The van der Waals surface area contributed by atoms with Crippen molar-refractivity contribution >= 4 is 11.8 Å². The molecule has 1 amide bonds. The highest BCUT2D eigenvalue weighted by Crippen LogP contribution is 2.31. The minimum atomic E-state index is -0.742. The molecule has 0 heterocycles. The van der Waals surface area contributed by atoms with E-state index in [1.165, 1.54) is 25.3 Å². The number of hydrogen-bond donors (Lipinski definition) is 1. The molecule has 1 aromatic carbocycles. The Morgan fingerprint density at radius 2 is 2.00 bits per heavy atom. The van der Waals surface area contributed by atoms with Crippen LogP contribution in [0.25, 0.3) is 0 Å². The summed E-state index contributed by atoms with van der Waals surface area (Å²) in [4.78, 5) is 22.7. The molecule has 1 aromatic rings. The van der Waals surface area contributed by atoms with Crippen molar-refractivity contribution in [2.24, 2.45) is 5.41 Å². The number of carbonyl (C=O) groups excluding carboxylic acids is 1. The molecule has 1 atom stereocenters. The molecule has 140 valence electrons. The summed E-state index contributed by atoms with van der Waals surface area (Å²) in [6.07, 6.45) is 0.735. The molecule has 8 nitrogen and oxygen atoms in total. The Balaban J connectivity index is 2.87. The monoisotopic (exact) mass is 354 g/mol. The van der Waals surface area contributed by atoms with Crippen LogP contribution in [0.4, 0.5) is 10.5 Å². The van der Waals surface area contributed by atoms with E-state index in [2.05, 4.69) is 5.32 Å². The minimum Gasteiger partial charge on any atom is -0.497 e. The van der Waals surface area contributed by atoms with Crippen LogP contribution >= 0.6 is 0 Å². The highest BCUT2D eigenvalue weighted by Gasteiger charge is 2.27. The minimum absolute atomic E-state index is 0.161. The molecule has 0 aliphatic carbocycles. The molecule has 25 heavy (non-hydrogen) atoms. The van der Waals surface area contributed by atoms with Gasteiger partial charge >= 0.3 is 11.8 Å². The fourth-order valence-electron chi connectivity index (χ4n) is 2.28. The molecule has 0 bridgehead atoms. The van der Waals surface area contributed by atoms with Crippen LogP contribution in [0.15, 0.2) is 18.2 Å². The lowest BCUT2D eigenvalue weighted by atomic mass is 9.84. The maximum atomic E-state index is 12.2. The number of nitro groups is 1. The molecule has 0 spiro atoms. The zero-order chi connectivity index (χ0) is 19.0. The zero-order valence-corrected chi connectivity index (χ0v) is 15.3. The summed E-state index contributed by atoms with van der Waals surface area (Å²) in [6, 6.07) is 3.82. The number of carbonyl (C=O) groups is 1. The lowest BCUT2D eigenvalue weighted by Crippen LogP contribution is -2.45. The van der Waals surface area contributed by atoms with E-state index < -0.39 is 11.0 Å². The van der Waals surface area contributed by atoms with E-state index in [0.29, 0.717) is 18.8 Å². The van der Waals surface area contributed by atoms with Crippen molar-refractivity contribution in [2.45, 2.75) is 39.7 Å². The van der Waals surface area contributed by atoms with Crippen LogP contribution in [0.2, 0.25) is 0 Å². The second-order valence-corrected chi connectivity index (χ2v) is 6.68. The molecule has 0 aliphatic heterocycles. The van der Waals surface area contributed by atoms with Crippen LogP contribution < -0.4 is 14.8 Å². The highest BCUT2D eigenvalue weighted by atomic mass is 16.6. The SMILES string of the molecule is COCCCC(NC(=O)Oc1cc(OC)ccc1[N+](=O)[O-])C(C)(C)C. The van der Waals surface area contributed by atoms with Crippen LogP contribution in [0.5, 0.6) is 11.5 Å². The predicted octanol–water partition coefficient (Wildman–Crippen LogP) is 3.53. The first kappa shape index (κ1) is 20.7. The van der Waals surface area contributed by atoms with Crippen molar-refractivity contribution in [1.29, 1.82) is 0 Å². The highest BCUT2D eigenvalue weighted by molar-refractivity contribution is 5.72. The number of amides is 1. The number of ether oxygens (including phenoxy) is 3. The summed E-state index contributed by atoms with van der Waals surface area (Å²) in [6.45, 7) is 6.58. The number of hydrogen-bond acceptors (Lipinski definition) is 6. The van der Waals surface area contributed by atoms with Crippen molar-refractivity contribution in [3.63, 3.8) is 0 Å². The standard InChI is InChI=1S/C17H26N2O6/c1-17(2,3)15(7-6-10-23-4)18-16(20)25-14-11-12(24-5)8-9-13(14)19(21)22/h8-9,11,15H,6-7,10H2,1-5H3,(H,18,20). The number of nitro benzene ring substituents is 1. The van der Waals surface area contributed by atoms with Gasteiger partial charge in [0.15, 0.2) is 0 Å². The molecule has 1 N–H and O–H groups in total. The average Bonchev–Trinajstić information content (AvgIpc) is 2.52. The van der Waals surface area contributed by atoms with Crippen LogP contribution in [0.1, 0.15) is 33.6 Å². The second-order valence-electron chi connectivity index (χ2n) is 6.68. The molecule has 0 fully saturated rings. The Kier molecular flexibility index (Phi) is 7.63. The summed E-state index contributed by atoms with van der Waals surface area (Å²) in [5, 5.41) is 13.9. The van der Waals surface area contributed by atoms with Crippen LogP contribution in [-0.2, 0) is 4.74 Å². The Morgan fingerprint density at radius 1 is 1.32 bits per heavy atom. The van der Waals surface area contributed by atoms with Gasteiger partial charge in [0, 0.05) is 31.9 Å². The third-order valence-electron chi connectivity index (χ3n) is 3.75. The van der Waals surface area contributed by atoms with Crippen molar-refractivity contribution in [3.05, 3.63) is 28.3 Å². The van der Waals surface area contributed by atoms with Gasteiger partial charge in [-0.15, -0.1) is 0 Å². The lowest BCUT2D eigenvalue weighted by Gasteiger charge is -2.31. The maximum absolute atomic E-state index is 12.2. The van der Waals surface area contributed by atoms with Crippen LogP contribution in [0.3, 0.4) is 0 Å². The molecule has 0 radical (unpaired) electrons. The van der Waals surface area contributed by atoms with Crippen LogP contribution in [0, 0.1) is 15.5 Å². The molecule has 8 heteroatoms. The Morgan fingerprint density at radius 3 is 2.52 bits per heavy atom. The first-order valence-corrected chi connectivity index (χ1v) is 7.98. The summed E-state index contributed by atoms with van der Waals surface area (Å²) in [5.74, 6) is 0.201. The average molecular weight is 354 g/mol. The summed E-state index contributed by atoms with van der Waals surface area (Å²) >= 11 is 0. The van der Waals surface area contributed by atoms with Gasteiger partial charge in [0.05, 0.1) is 12.0 Å². The van der Waals surface area contributed by atoms with Gasteiger partial charge in [-0.25, -0.2) is 4.79 Å². The smallest absolute Gasteiger partial charge is 0.413 e. The van der Waals surface area contributed by atoms with Crippen molar-refractivity contribution in [1.82, 2.24) is 5.32 Å². The fraction of sp³-hybridized carbons (Fsp3) is 0.588. The molecule has 0 aromatic heterocycles. The Bertz CT molecular complexity index is 597. The molecule has 1 unspecified atom stereocenters. The summed E-state index contributed by atoms with van der Waals surface area (Å²) in [7, 11) is 3.05. The molecule has 0 saturated heterocycles. The quantitative estimate of drug-likeness (QED) is 0.435. The van der Waals surface area contributed by atoms with Gasteiger partial charge in [0.25, 0.3) is 0 Å². The zero-order valence-electron chi connectivity index (χ0n) is 15.3. The summed E-state index contributed by atoms with van der Waals surface area (Å²) < 4.78 is 15.2. The Labute approximate surface area is 147 Å². The largest absolute Gasteiger partial charge is 0.497 e. The molecule has 1 rings (SSSR count). The molecule has 0 saturated carbocycles. The van der Waals surface area contributed by atoms with E-state index in [1.54, 1.807) is 7.11 Å². The number of nitrogens with zero attached hydrogens (tertiary/aromatic N) is 1. The van der Waals surface area contributed by atoms with E-state index in [9.17, 15) is 14.9 Å². The van der Waals surface area contributed by atoms with E-state index >= 15 is 0 Å². The first-order chi connectivity index (χ1) is 11.7.